The van der Waals surface area contributed by atoms with Crippen molar-refractivity contribution in [3.8, 4) is 5.75 Å². The van der Waals surface area contributed by atoms with Crippen molar-refractivity contribution >= 4 is 11.5 Å². The lowest BCUT2D eigenvalue weighted by molar-refractivity contribution is 0.464. The first kappa shape index (κ1) is 10.4. The molecule has 0 fully saturated rings. The van der Waals surface area contributed by atoms with Gasteiger partial charge in [0.1, 0.15) is 23.1 Å². The van der Waals surface area contributed by atoms with Gasteiger partial charge in [-0.05, 0) is 12.1 Å². The van der Waals surface area contributed by atoms with Gasteiger partial charge in [0.25, 0.3) is 0 Å². The van der Waals surface area contributed by atoms with Crippen LogP contribution in [0.4, 0.5) is 20.3 Å². The molecule has 0 aliphatic carbocycles. The number of pyridine rings is 1. The number of hydrogen-bond acceptors (Lipinski definition) is 3. The Morgan fingerprint density at radius 3 is 2.62 bits per heavy atom. The molecule has 0 saturated heterocycles. The number of nitrogens with one attached hydrogen (secondary N) is 1. The summed E-state index contributed by atoms with van der Waals surface area (Å²) in [5.41, 5.74) is -0.194. The third-order valence-electron chi connectivity index (χ3n) is 1.95. The van der Waals surface area contributed by atoms with Crippen LogP contribution in [0, 0.1) is 11.6 Å². The predicted octanol–water partition coefficient (Wildman–Crippen LogP) is 2.81. The van der Waals surface area contributed by atoms with Crippen LogP contribution in [0.2, 0.25) is 0 Å². The number of hydrogen-bond donors (Lipinski definition) is 2. The number of aromatic nitrogens is 1. The Morgan fingerprint density at radius 2 is 2.00 bits per heavy atom. The minimum Gasteiger partial charge on any atom is -0.506 e. The largest absolute Gasteiger partial charge is 0.506 e. The third-order valence-corrected chi connectivity index (χ3v) is 1.95. The van der Waals surface area contributed by atoms with Gasteiger partial charge in [0.15, 0.2) is 5.82 Å². The molecule has 1 aromatic carbocycles. The normalized spacial score (nSPS) is 10.1. The van der Waals surface area contributed by atoms with E-state index in [0.717, 1.165) is 6.07 Å². The number of nitrogens with zero attached hydrogens (tertiary/aromatic N) is 1. The number of rotatable bonds is 2. The number of halogens is 2. The van der Waals surface area contributed by atoms with Gasteiger partial charge in [-0.15, -0.1) is 0 Å². The van der Waals surface area contributed by atoms with Crippen molar-refractivity contribution in [1.82, 2.24) is 4.98 Å². The van der Waals surface area contributed by atoms with Gasteiger partial charge in [0.05, 0.1) is 0 Å². The first-order valence-electron chi connectivity index (χ1n) is 4.53. The van der Waals surface area contributed by atoms with Crippen LogP contribution in [0.1, 0.15) is 0 Å². The zero-order valence-corrected chi connectivity index (χ0v) is 8.11. The quantitative estimate of drug-likeness (QED) is 0.768. The highest BCUT2D eigenvalue weighted by Crippen LogP contribution is 2.29. The molecule has 3 nitrogen and oxygen atoms in total. The smallest absolute Gasteiger partial charge is 0.153 e. The maximum absolute atomic E-state index is 13.3. The van der Waals surface area contributed by atoms with Crippen molar-refractivity contribution in [3.63, 3.8) is 0 Å². The first-order valence-corrected chi connectivity index (χ1v) is 4.53. The van der Waals surface area contributed by atoms with E-state index < -0.39 is 17.4 Å². The van der Waals surface area contributed by atoms with Crippen molar-refractivity contribution in [1.29, 1.82) is 0 Å². The van der Waals surface area contributed by atoms with Gasteiger partial charge in [-0.1, -0.05) is 6.07 Å². The van der Waals surface area contributed by atoms with E-state index in [4.69, 9.17) is 0 Å². The van der Waals surface area contributed by atoms with Crippen molar-refractivity contribution in [2.45, 2.75) is 0 Å². The molecule has 82 valence electrons. The molecule has 5 heteroatoms. The highest BCUT2D eigenvalue weighted by molar-refractivity contribution is 5.64. The Kier molecular flexibility index (Phi) is 2.68. The van der Waals surface area contributed by atoms with Crippen molar-refractivity contribution in [2.24, 2.45) is 0 Å². The summed E-state index contributed by atoms with van der Waals surface area (Å²) >= 11 is 0. The van der Waals surface area contributed by atoms with E-state index in [1.54, 1.807) is 18.2 Å². The van der Waals surface area contributed by atoms with Crippen LogP contribution in [0.25, 0.3) is 0 Å². The van der Waals surface area contributed by atoms with Gasteiger partial charge in [-0.25, -0.2) is 13.8 Å². The summed E-state index contributed by atoms with van der Waals surface area (Å²) in [7, 11) is 0. The molecule has 0 aliphatic rings. The van der Waals surface area contributed by atoms with E-state index in [0.29, 0.717) is 11.9 Å². The van der Waals surface area contributed by atoms with Gasteiger partial charge in [0, 0.05) is 18.3 Å². The van der Waals surface area contributed by atoms with E-state index in [2.05, 4.69) is 10.3 Å². The second-order valence-corrected chi connectivity index (χ2v) is 3.12. The molecular formula is C11H8F2N2O. The Balaban J connectivity index is 2.35. The fourth-order valence-corrected chi connectivity index (χ4v) is 1.25. The summed E-state index contributed by atoms with van der Waals surface area (Å²) in [5, 5.41) is 11.9. The molecule has 0 spiro atoms. The molecule has 0 saturated carbocycles. The number of benzene rings is 1. The number of aromatic hydroxyl groups is 1. The summed E-state index contributed by atoms with van der Waals surface area (Å²) in [6.07, 6.45) is 1.51. The molecule has 0 unspecified atom stereocenters. The van der Waals surface area contributed by atoms with Crippen LogP contribution in [-0.4, -0.2) is 10.1 Å². The topological polar surface area (TPSA) is 45.1 Å². The maximum atomic E-state index is 13.3. The Bertz CT molecular complexity index is 480. The minimum atomic E-state index is -0.872. The SMILES string of the molecule is Oc1cc(F)cc(F)c1Nc1ccccn1. The Labute approximate surface area is 90.4 Å². The lowest BCUT2D eigenvalue weighted by atomic mass is 10.2. The molecule has 0 radical (unpaired) electrons. The van der Waals surface area contributed by atoms with E-state index >= 15 is 0 Å². The van der Waals surface area contributed by atoms with Gasteiger partial charge in [-0.3, -0.25) is 0 Å². The van der Waals surface area contributed by atoms with E-state index in [9.17, 15) is 13.9 Å². The molecule has 0 aliphatic heterocycles. The molecule has 0 bridgehead atoms. The second-order valence-electron chi connectivity index (χ2n) is 3.12. The molecule has 16 heavy (non-hydrogen) atoms. The minimum absolute atomic E-state index is 0.194. The number of phenolic OH excluding ortho intramolecular Hbond substituents is 1. The highest BCUT2D eigenvalue weighted by atomic mass is 19.1. The number of anilines is 2. The summed E-state index contributed by atoms with van der Waals surface area (Å²) in [5.74, 6) is -1.84. The molecule has 2 N–H and O–H groups in total. The highest BCUT2D eigenvalue weighted by Gasteiger charge is 2.10. The van der Waals surface area contributed by atoms with E-state index in [1.165, 1.54) is 6.20 Å². The molecule has 1 heterocycles. The molecule has 1 aromatic heterocycles. The van der Waals surface area contributed by atoms with E-state index in [1.807, 2.05) is 0 Å². The lowest BCUT2D eigenvalue weighted by Gasteiger charge is -2.08. The first-order chi connectivity index (χ1) is 7.66. The van der Waals surface area contributed by atoms with Crippen molar-refractivity contribution < 1.29 is 13.9 Å². The molecule has 0 atom stereocenters. The fraction of sp³-hybridized carbons (Fsp3) is 0. The standard InChI is InChI=1S/C11H8F2N2O/c12-7-5-8(13)11(9(16)6-7)15-10-3-1-2-4-14-10/h1-6,16H,(H,14,15). The molecular weight excluding hydrogens is 214 g/mol. The summed E-state index contributed by atoms with van der Waals surface area (Å²) in [4.78, 5) is 3.90. The monoisotopic (exact) mass is 222 g/mol. The average molecular weight is 222 g/mol. The van der Waals surface area contributed by atoms with Crippen molar-refractivity contribution in [3.05, 3.63) is 48.2 Å². The summed E-state index contributed by atoms with van der Waals surface area (Å²) < 4.78 is 26.0. The molecule has 2 rings (SSSR count). The molecule has 0 amide bonds. The maximum Gasteiger partial charge on any atom is 0.153 e. The zero-order valence-electron chi connectivity index (χ0n) is 8.11. The predicted molar refractivity (Wildman–Crippen MR) is 55.5 cm³/mol. The van der Waals surface area contributed by atoms with Gasteiger partial charge >= 0.3 is 0 Å². The summed E-state index contributed by atoms with van der Waals surface area (Å²) in [6.45, 7) is 0. The van der Waals surface area contributed by atoms with Crippen LogP contribution in [0.5, 0.6) is 5.75 Å². The van der Waals surface area contributed by atoms with Crippen LogP contribution in [0.3, 0.4) is 0 Å². The van der Waals surface area contributed by atoms with E-state index in [-0.39, 0.29) is 5.69 Å². The fourth-order valence-electron chi connectivity index (χ4n) is 1.25. The summed E-state index contributed by atoms with van der Waals surface area (Å²) in [6, 6.07) is 6.52. The Morgan fingerprint density at radius 1 is 1.19 bits per heavy atom. The van der Waals surface area contributed by atoms with Gasteiger partial charge in [-0.2, -0.15) is 0 Å². The molecule has 2 aromatic rings. The zero-order chi connectivity index (χ0) is 11.5. The van der Waals surface area contributed by atoms with Crippen LogP contribution in [-0.2, 0) is 0 Å². The lowest BCUT2D eigenvalue weighted by Crippen LogP contribution is -1.97. The van der Waals surface area contributed by atoms with Crippen LogP contribution in [0.15, 0.2) is 36.5 Å². The van der Waals surface area contributed by atoms with Crippen LogP contribution < -0.4 is 5.32 Å². The van der Waals surface area contributed by atoms with Crippen LogP contribution >= 0.6 is 0 Å². The van der Waals surface area contributed by atoms with Gasteiger partial charge < -0.3 is 10.4 Å². The second kappa shape index (κ2) is 4.14. The number of phenols is 1. The third kappa shape index (κ3) is 2.08. The van der Waals surface area contributed by atoms with Crippen molar-refractivity contribution in [2.75, 3.05) is 5.32 Å². The average Bonchev–Trinajstić information content (AvgIpc) is 2.25. The Hall–Kier alpha value is -2.17. The van der Waals surface area contributed by atoms with Gasteiger partial charge in [0.2, 0.25) is 0 Å².